The molecule has 1 aromatic heterocycles. The number of urea groups is 1. The molecule has 8 nitrogen and oxygen atoms in total. The Kier molecular flexibility index (Phi) is 9.66. The number of carbonyl (C=O) groups is 1. The van der Waals surface area contributed by atoms with Gasteiger partial charge in [-0.05, 0) is 37.6 Å². The van der Waals surface area contributed by atoms with Gasteiger partial charge < -0.3 is 19.7 Å². The van der Waals surface area contributed by atoms with E-state index >= 15 is 0 Å². The van der Waals surface area contributed by atoms with E-state index in [1.54, 1.807) is 35.8 Å². The zero-order chi connectivity index (χ0) is 25.2. The molecule has 0 radical (unpaired) electrons. The number of amides is 2. The van der Waals surface area contributed by atoms with E-state index in [0.29, 0.717) is 47.9 Å². The van der Waals surface area contributed by atoms with Crippen LogP contribution in [-0.2, 0) is 11.3 Å². The number of nitrogens with one attached hydrogen (secondary N) is 1. The quantitative estimate of drug-likeness (QED) is 0.359. The van der Waals surface area contributed by atoms with Crippen LogP contribution in [0.2, 0.25) is 0 Å². The predicted molar refractivity (Wildman–Crippen MR) is 139 cm³/mol. The van der Waals surface area contributed by atoms with E-state index in [2.05, 4.69) is 12.2 Å². The number of rotatable bonds is 12. The van der Waals surface area contributed by atoms with Crippen LogP contribution in [0.1, 0.15) is 51.4 Å². The third-order valence-electron chi connectivity index (χ3n) is 6.09. The van der Waals surface area contributed by atoms with E-state index in [9.17, 15) is 9.59 Å². The molecule has 0 saturated heterocycles. The molecule has 188 valence electrons. The van der Waals surface area contributed by atoms with Crippen molar-refractivity contribution in [2.75, 3.05) is 32.7 Å². The third-order valence-corrected chi connectivity index (χ3v) is 6.09. The monoisotopic (exact) mass is 480 g/mol. The fraction of sp³-hybridized carbons (Fsp3) is 0.444. The van der Waals surface area contributed by atoms with Gasteiger partial charge in [0.25, 0.3) is 5.56 Å². The second-order valence-corrected chi connectivity index (χ2v) is 8.53. The number of aromatic nitrogens is 2. The largest absolute Gasteiger partial charge is 0.497 e. The number of methoxy groups -OCH3 is 2. The highest BCUT2D eigenvalue weighted by atomic mass is 16.5. The smallest absolute Gasteiger partial charge is 0.322 e. The van der Waals surface area contributed by atoms with Crippen LogP contribution < -0.4 is 15.6 Å². The number of carbonyl (C=O) groups excluding carboxylic acids is 1. The molecule has 1 unspecified atom stereocenters. The fourth-order valence-corrected chi connectivity index (χ4v) is 4.12. The lowest BCUT2D eigenvalue weighted by Crippen LogP contribution is -2.41. The van der Waals surface area contributed by atoms with Crippen LogP contribution in [0.15, 0.2) is 53.3 Å². The van der Waals surface area contributed by atoms with Gasteiger partial charge in [-0.25, -0.2) is 9.78 Å². The van der Waals surface area contributed by atoms with Crippen LogP contribution >= 0.6 is 0 Å². The van der Waals surface area contributed by atoms with Crippen LogP contribution in [0.4, 0.5) is 10.5 Å². The molecular weight excluding hydrogens is 444 g/mol. The van der Waals surface area contributed by atoms with Crippen molar-refractivity contribution in [3.05, 3.63) is 64.7 Å². The second kappa shape index (κ2) is 12.9. The molecule has 1 heterocycles. The van der Waals surface area contributed by atoms with Crippen molar-refractivity contribution in [3.63, 3.8) is 0 Å². The van der Waals surface area contributed by atoms with Gasteiger partial charge in [0.2, 0.25) is 0 Å². The van der Waals surface area contributed by atoms with E-state index in [4.69, 9.17) is 14.5 Å². The van der Waals surface area contributed by atoms with Gasteiger partial charge in [-0.2, -0.15) is 0 Å². The Morgan fingerprint density at radius 1 is 1.11 bits per heavy atom. The standard InChI is InChI=1S/C27H36N4O4/c1-5-6-7-10-16-30(27(33)28-21-12-11-13-22(19-21)35-4)20(2)25-29-24-15-9-8-14-23(24)26(32)31(25)17-18-34-3/h8-9,11-15,19-20H,5-7,10,16-18H2,1-4H3,(H,28,33). The number of benzene rings is 2. The Bertz CT molecular complexity index is 1180. The van der Waals surface area contributed by atoms with E-state index in [0.717, 1.165) is 25.7 Å². The molecule has 2 amide bonds. The maximum absolute atomic E-state index is 13.5. The van der Waals surface area contributed by atoms with Crippen LogP contribution in [-0.4, -0.2) is 47.9 Å². The lowest BCUT2D eigenvalue weighted by molar-refractivity contribution is 0.173. The topological polar surface area (TPSA) is 85.7 Å². The summed E-state index contributed by atoms with van der Waals surface area (Å²) in [6, 6.07) is 13.9. The van der Waals surface area contributed by atoms with Gasteiger partial charge in [-0.1, -0.05) is 44.4 Å². The molecule has 0 aliphatic carbocycles. The minimum absolute atomic E-state index is 0.131. The molecule has 0 bridgehead atoms. The number of unbranched alkanes of at least 4 members (excludes halogenated alkanes) is 3. The Labute approximate surface area is 206 Å². The Morgan fingerprint density at radius 2 is 1.91 bits per heavy atom. The Hall–Kier alpha value is -3.39. The first-order chi connectivity index (χ1) is 17.0. The second-order valence-electron chi connectivity index (χ2n) is 8.53. The zero-order valence-electron chi connectivity index (χ0n) is 21.1. The molecule has 3 rings (SSSR count). The van der Waals surface area contributed by atoms with E-state index in [1.807, 2.05) is 43.3 Å². The number of fused-ring (bicyclic) bond motifs is 1. The number of ether oxygens (including phenoxy) is 2. The van der Waals surface area contributed by atoms with Crippen molar-refractivity contribution in [2.24, 2.45) is 0 Å². The van der Waals surface area contributed by atoms with Crippen molar-refractivity contribution in [1.29, 1.82) is 0 Å². The summed E-state index contributed by atoms with van der Waals surface area (Å²) < 4.78 is 12.2. The third kappa shape index (κ3) is 6.60. The SMILES string of the molecule is CCCCCCN(C(=O)Nc1cccc(OC)c1)C(C)c1nc2ccccc2c(=O)n1CCOC. The highest BCUT2D eigenvalue weighted by molar-refractivity contribution is 5.89. The minimum atomic E-state index is -0.434. The number of nitrogens with zero attached hydrogens (tertiary/aromatic N) is 3. The van der Waals surface area contributed by atoms with Gasteiger partial charge in [0.1, 0.15) is 11.6 Å². The first-order valence-electron chi connectivity index (χ1n) is 12.2. The van der Waals surface area contributed by atoms with E-state index in [1.165, 1.54) is 0 Å². The molecule has 3 aromatic rings. The molecule has 2 aromatic carbocycles. The van der Waals surface area contributed by atoms with Gasteiger partial charge >= 0.3 is 6.03 Å². The number of hydrogen-bond donors (Lipinski definition) is 1. The summed E-state index contributed by atoms with van der Waals surface area (Å²) in [4.78, 5) is 33.4. The van der Waals surface area contributed by atoms with Crippen LogP contribution in [0, 0.1) is 0 Å². The van der Waals surface area contributed by atoms with Crippen molar-refractivity contribution in [3.8, 4) is 5.75 Å². The molecule has 0 aliphatic rings. The van der Waals surface area contributed by atoms with E-state index < -0.39 is 6.04 Å². The minimum Gasteiger partial charge on any atom is -0.497 e. The van der Waals surface area contributed by atoms with Crippen LogP contribution in [0.3, 0.4) is 0 Å². The van der Waals surface area contributed by atoms with Gasteiger partial charge in [-0.3, -0.25) is 9.36 Å². The average Bonchev–Trinajstić information content (AvgIpc) is 2.87. The number of para-hydroxylation sites is 1. The molecule has 8 heteroatoms. The Balaban J connectivity index is 1.98. The first kappa shape index (κ1) is 26.2. The lowest BCUT2D eigenvalue weighted by atomic mass is 10.1. The molecule has 1 N–H and O–H groups in total. The lowest BCUT2D eigenvalue weighted by Gasteiger charge is -2.31. The summed E-state index contributed by atoms with van der Waals surface area (Å²) in [6.07, 6.45) is 4.09. The van der Waals surface area contributed by atoms with Gasteiger partial charge in [0.15, 0.2) is 0 Å². The molecule has 0 saturated carbocycles. The summed E-state index contributed by atoms with van der Waals surface area (Å²) in [7, 11) is 3.19. The molecule has 0 aliphatic heterocycles. The Morgan fingerprint density at radius 3 is 2.66 bits per heavy atom. The van der Waals surface area contributed by atoms with Crippen LogP contribution in [0.5, 0.6) is 5.75 Å². The highest BCUT2D eigenvalue weighted by Crippen LogP contribution is 2.23. The normalized spacial score (nSPS) is 11.9. The number of hydrogen-bond acceptors (Lipinski definition) is 5. The molecule has 1 atom stereocenters. The average molecular weight is 481 g/mol. The summed E-state index contributed by atoms with van der Waals surface area (Å²) in [5.41, 5.74) is 1.13. The maximum atomic E-state index is 13.5. The van der Waals surface area contributed by atoms with E-state index in [-0.39, 0.29) is 11.6 Å². The summed E-state index contributed by atoms with van der Waals surface area (Å²) >= 11 is 0. The fourth-order valence-electron chi connectivity index (χ4n) is 4.12. The van der Waals surface area contributed by atoms with Gasteiger partial charge in [-0.15, -0.1) is 0 Å². The van der Waals surface area contributed by atoms with Gasteiger partial charge in [0.05, 0.1) is 37.2 Å². The molecular formula is C27H36N4O4. The van der Waals surface area contributed by atoms with Crippen molar-refractivity contribution < 1.29 is 14.3 Å². The van der Waals surface area contributed by atoms with Crippen LogP contribution in [0.25, 0.3) is 10.9 Å². The van der Waals surface area contributed by atoms with Crippen molar-refractivity contribution >= 4 is 22.6 Å². The van der Waals surface area contributed by atoms with Crippen molar-refractivity contribution in [2.45, 2.75) is 52.1 Å². The van der Waals surface area contributed by atoms with Crippen molar-refractivity contribution in [1.82, 2.24) is 14.5 Å². The summed E-state index contributed by atoms with van der Waals surface area (Å²) in [6.45, 7) is 5.35. The summed E-state index contributed by atoms with van der Waals surface area (Å²) in [5, 5.41) is 3.54. The zero-order valence-corrected chi connectivity index (χ0v) is 21.1. The maximum Gasteiger partial charge on any atom is 0.322 e. The predicted octanol–water partition coefficient (Wildman–Crippen LogP) is 5.23. The molecule has 0 fully saturated rings. The summed E-state index contributed by atoms with van der Waals surface area (Å²) in [5.74, 6) is 1.21. The molecule has 0 spiro atoms. The van der Waals surface area contributed by atoms with Gasteiger partial charge in [0, 0.05) is 25.4 Å². The highest BCUT2D eigenvalue weighted by Gasteiger charge is 2.26. The first-order valence-corrected chi connectivity index (χ1v) is 12.2. The number of anilines is 1. The molecule has 35 heavy (non-hydrogen) atoms.